The number of rotatable bonds is 4. The molecule has 0 atom stereocenters. The Kier molecular flexibility index (Phi) is 4.80. The van der Waals surface area contributed by atoms with Gasteiger partial charge in [-0.1, -0.05) is 64.5 Å². The molecule has 0 fully saturated rings. The van der Waals surface area contributed by atoms with Crippen LogP contribution in [-0.2, 0) is 0 Å². The molecule has 0 saturated carbocycles. The predicted molar refractivity (Wildman–Crippen MR) is 111 cm³/mol. The van der Waals surface area contributed by atoms with E-state index < -0.39 is 0 Å². The maximum Gasteiger partial charge on any atom is 0.289 e. The number of halogens is 1. The van der Waals surface area contributed by atoms with Gasteiger partial charge in [0.2, 0.25) is 0 Å². The first-order chi connectivity index (χ1) is 13.2. The summed E-state index contributed by atoms with van der Waals surface area (Å²) in [5, 5.41) is 13.3. The number of hydrogen-bond donors (Lipinski definition) is 2. The lowest BCUT2D eigenvalue weighted by atomic mass is 10.1. The van der Waals surface area contributed by atoms with Crippen molar-refractivity contribution in [1.82, 2.24) is 15.6 Å². The number of aromatic nitrogens is 2. The molecular formula is C21H15BrN4O. The zero-order valence-electron chi connectivity index (χ0n) is 14.2. The highest BCUT2D eigenvalue weighted by Gasteiger charge is 2.10. The third-order valence-corrected chi connectivity index (χ3v) is 4.65. The summed E-state index contributed by atoms with van der Waals surface area (Å²) in [6.07, 6.45) is 1.59. The Morgan fingerprint density at radius 3 is 2.59 bits per heavy atom. The van der Waals surface area contributed by atoms with E-state index in [4.69, 9.17) is 0 Å². The average Bonchev–Trinajstić information content (AvgIpc) is 3.19. The van der Waals surface area contributed by atoms with Gasteiger partial charge < -0.3 is 0 Å². The molecule has 27 heavy (non-hydrogen) atoms. The molecule has 0 aliphatic carbocycles. The quantitative estimate of drug-likeness (QED) is 0.370. The van der Waals surface area contributed by atoms with Crippen molar-refractivity contribution in [3.8, 4) is 11.3 Å². The summed E-state index contributed by atoms with van der Waals surface area (Å²) in [6, 6.07) is 23.5. The monoisotopic (exact) mass is 418 g/mol. The summed E-state index contributed by atoms with van der Waals surface area (Å²) in [7, 11) is 0. The van der Waals surface area contributed by atoms with Gasteiger partial charge in [-0.05, 0) is 40.6 Å². The van der Waals surface area contributed by atoms with Gasteiger partial charge in [0.25, 0.3) is 5.91 Å². The van der Waals surface area contributed by atoms with E-state index in [0.29, 0.717) is 11.4 Å². The van der Waals surface area contributed by atoms with Gasteiger partial charge in [-0.3, -0.25) is 9.89 Å². The van der Waals surface area contributed by atoms with Crippen LogP contribution in [-0.4, -0.2) is 22.3 Å². The Labute approximate surface area is 164 Å². The highest BCUT2D eigenvalue weighted by molar-refractivity contribution is 9.10. The minimum atomic E-state index is -0.345. The molecule has 1 heterocycles. The molecule has 6 heteroatoms. The zero-order chi connectivity index (χ0) is 18.6. The van der Waals surface area contributed by atoms with E-state index in [1.54, 1.807) is 12.3 Å². The first-order valence-corrected chi connectivity index (χ1v) is 9.12. The van der Waals surface area contributed by atoms with Crippen LogP contribution in [0.5, 0.6) is 0 Å². The fourth-order valence-electron chi connectivity index (χ4n) is 2.71. The number of benzene rings is 3. The van der Waals surface area contributed by atoms with Gasteiger partial charge in [0.15, 0.2) is 0 Å². The molecule has 0 spiro atoms. The maximum absolute atomic E-state index is 12.2. The molecule has 0 saturated heterocycles. The number of hydrogen-bond acceptors (Lipinski definition) is 3. The topological polar surface area (TPSA) is 70.1 Å². The second-order valence-electron chi connectivity index (χ2n) is 5.98. The fourth-order valence-corrected chi connectivity index (χ4v) is 2.97. The summed E-state index contributed by atoms with van der Waals surface area (Å²) in [4.78, 5) is 12.2. The molecule has 2 N–H and O–H groups in total. The van der Waals surface area contributed by atoms with Gasteiger partial charge in [-0.2, -0.15) is 10.2 Å². The number of amides is 1. The van der Waals surface area contributed by atoms with Gasteiger partial charge in [-0.25, -0.2) is 5.43 Å². The van der Waals surface area contributed by atoms with Crippen LogP contribution in [0.25, 0.3) is 22.0 Å². The molecule has 0 aliphatic rings. The van der Waals surface area contributed by atoms with Gasteiger partial charge in [0.1, 0.15) is 5.69 Å². The Bertz CT molecular complexity index is 1130. The van der Waals surface area contributed by atoms with Crippen molar-refractivity contribution >= 4 is 38.8 Å². The van der Waals surface area contributed by atoms with Gasteiger partial charge in [0.05, 0.1) is 11.9 Å². The predicted octanol–water partition coefficient (Wildman–Crippen LogP) is 4.76. The Morgan fingerprint density at radius 2 is 1.78 bits per heavy atom. The Hall–Kier alpha value is -3.25. The second-order valence-corrected chi connectivity index (χ2v) is 6.90. The molecular weight excluding hydrogens is 404 g/mol. The van der Waals surface area contributed by atoms with Crippen LogP contribution in [0, 0.1) is 0 Å². The summed E-state index contributed by atoms with van der Waals surface area (Å²) >= 11 is 3.38. The SMILES string of the molecule is O=C(N/N=C\c1ccc(Br)cc1)c1cc(-c2ccc3ccccc3c2)n[nH]1. The third-order valence-electron chi connectivity index (χ3n) is 4.12. The highest BCUT2D eigenvalue weighted by Crippen LogP contribution is 2.23. The lowest BCUT2D eigenvalue weighted by Crippen LogP contribution is -2.17. The minimum absolute atomic E-state index is 0.345. The highest BCUT2D eigenvalue weighted by atomic mass is 79.9. The smallest absolute Gasteiger partial charge is 0.272 e. The molecule has 3 aromatic carbocycles. The van der Waals surface area contributed by atoms with Crippen LogP contribution in [0.15, 0.2) is 82.4 Å². The molecule has 4 rings (SSSR count). The summed E-state index contributed by atoms with van der Waals surface area (Å²) in [6.45, 7) is 0. The molecule has 5 nitrogen and oxygen atoms in total. The van der Waals surface area contributed by atoms with Crippen LogP contribution in [0.4, 0.5) is 0 Å². The van der Waals surface area contributed by atoms with Crippen molar-refractivity contribution < 1.29 is 4.79 Å². The zero-order valence-corrected chi connectivity index (χ0v) is 15.8. The van der Waals surface area contributed by atoms with E-state index in [1.807, 2.05) is 48.5 Å². The number of carbonyl (C=O) groups excluding carboxylic acids is 1. The van der Waals surface area contributed by atoms with Crippen LogP contribution >= 0.6 is 15.9 Å². The largest absolute Gasteiger partial charge is 0.289 e. The van der Waals surface area contributed by atoms with Crippen molar-refractivity contribution in [3.63, 3.8) is 0 Å². The Balaban J connectivity index is 1.47. The van der Waals surface area contributed by atoms with E-state index in [0.717, 1.165) is 26.4 Å². The van der Waals surface area contributed by atoms with Crippen LogP contribution in [0.1, 0.15) is 16.1 Å². The third kappa shape index (κ3) is 3.96. The van der Waals surface area contributed by atoms with Crippen LogP contribution < -0.4 is 5.43 Å². The lowest BCUT2D eigenvalue weighted by molar-refractivity contribution is 0.0950. The van der Waals surface area contributed by atoms with Crippen molar-refractivity contribution in [1.29, 1.82) is 0 Å². The number of nitrogens with one attached hydrogen (secondary N) is 2. The number of fused-ring (bicyclic) bond motifs is 1. The standard InChI is InChI=1S/C21H15BrN4O/c22-18-9-5-14(6-10-18)13-23-26-21(27)20-12-19(24-25-20)17-8-7-15-3-1-2-4-16(15)11-17/h1-13H,(H,24,25)(H,26,27)/b23-13-. The lowest BCUT2D eigenvalue weighted by Gasteiger charge is -2.00. The van der Waals surface area contributed by atoms with Crippen molar-refractivity contribution in [3.05, 3.63) is 88.5 Å². The Morgan fingerprint density at radius 1 is 1.00 bits per heavy atom. The molecule has 0 bridgehead atoms. The normalized spacial score (nSPS) is 11.1. The van der Waals surface area contributed by atoms with Crippen LogP contribution in [0.3, 0.4) is 0 Å². The first-order valence-electron chi connectivity index (χ1n) is 8.32. The molecule has 0 unspecified atom stereocenters. The molecule has 1 aromatic heterocycles. The molecule has 0 aliphatic heterocycles. The summed E-state index contributed by atoms with van der Waals surface area (Å²) < 4.78 is 0.988. The van der Waals surface area contributed by atoms with E-state index in [-0.39, 0.29) is 5.91 Å². The maximum atomic E-state index is 12.2. The van der Waals surface area contributed by atoms with Crippen molar-refractivity contribution in [2.24, 2.45) is 5.10 Å². The number of hydrazone groups is 1. The summed E-state index contributed by atoms with van der Waals surface area (Å²) in [5.41, 5.74) is 5.40. The molecule has 1 amide bonds. The second kappa shape index (κ2) is 7.55. The summed E-state index contributed by atoms with van der Waals surface area (Å²) in [5.74, 6) is -0.345. The molecule has 0 radical (unpaired) electrons. The fraction of sp³-hybridized carbons (Fsp3) is 0. The number of H-pyrrole nitrogens is 1. The van der Waals surface area contributed by atoms with Gasteiger partial charge in [-0.15, -0.1) is 0 Å². The number of nitrogens with zero attached hydrogens (tertiary/aromatic N) is 2. The van der Waals surface area contributed by atoms with E-state index in [2.05, 4.69) is 54.9 Å². The van der Waals surface area contributed by atoms with E-state index in [1.165, 1.54) is 0 Å². The van der Waals surface area contributed by atoms with Crippen molar-refractivity contribution in [2.45, 2.75) is 0 Å². The molecule has 132 valence electrons. The van der Waals surface area contributed by atoms with Gasteiger partial charge in [0, 0.05) is 10.0 Å². The number of aromatic amines is 1. The van der Waals surface area contributed by atoms with E-state index in [9.17, 15) is 4.79 Å². The number of carbonyl (C=O) groups is 1. The van der Waals surface area contributed by atoms with E-state index >= 15 is 0 Å². The van der Waals surface area contributed by atoms with Crippen LogP contribution in [0.2, 0.25) is 0 Å². The van der Waals surface area contributed by atoms with Crippen molar-refractivity contribution in [2.75, 3.05) is 0 Å². The average molecular weight is 419 g/mol. The minimum Gasteiger partial charge on any atom is -0.272 e. The first kappa shape index (κ1) is 17.2. The molecule has 4 aromatic rings. The van der Waals surface area contributed by atoms with Gasteiger partial charge >= 0.3 is 0 Å².